The van der Waals surface area contributed by atoms with Crippen LogP contribution in [0.15, 0.2) is 18.2 Å². The van der Waals surface area contributed by atoms with E-state index in [0.717, 1.165) is 12.0 Å². The minimum atomic E-state index is -1.05. The molecule has 0 saturated carbocycles. The molecule has 1 aliphatic heterocycles. The molecule has 1 amide bonds. The Morgan fingerprint density at radius 2 is 2.22 bits per heavy atom. The smallest absolute Gasteiger partial charge is 0.337 e. The molecule has 0 aromatic heterocycles. The van der Waals surface area contributed by atoms with Gasteiger partial charge in [-0.2, -0.15) is 0 Å². The predicted octanol–water partition coefficient (Wildman–Crippen LogP) is 1.81. The van der Waals surface area contributed by atoms with Crippen LogP contribution in [-0.2, 0) is 9.53 Å². The number of aryl methyl sites for hydroxylation is 1. The molecule has 0 spiro atoms. The quantitative estimate of drug-likeness (QED) is 0.856. The number of carbonyl (C=O) groups excluding carboxylic acids is 1. The molecule has 2 rings (SSSR count). The van der Waals surface area contributed by atoms with Gasteiger partial charge in [0.05, 0.1) is 11.3 Å². The van der Waals surface area contributed by atoms with Gasteiger partial charge in [-0.15, -0.1) is 0 Å². The molecule has 1 saturated heterocycles. The lowest BCUT2D eigenvalue weighted by atomic mass is 10.1. The number of anilines is 1. The van der Waals surface area contributed by atoms with Crippen molar-refractivity contribution in [3.05, 3.63) is 29.3 Å². The lowest BCUT2D eigenvalue weighted by Gasteiger charge is -2.14. The SMILES string of the molecule is Cc1cccc(C(=O)O)c1NC(=O)[C@@H]1CCCO1. The standard InChI is InChI=1S/C13H15NO4/c1-8-4-2-5-9(13(16)17)11(8)14-12(15)10-6-3-7-18-10/h2,4-5,10H,3,6-7H2,1H3,(H,14,15)(H,16,17)/t10-/m0/s1. The summed E-state index contributed by atoms with van der Waals surface area (Å²) in [5.74, 6) is -1.33. The van der Waals surface area contributed by atoms with Gasteiger partial charge < -0.3 is 15.2 Å². The molecule has 1 fully saturated rings. The highest BCUT2D eigenvalue weighted by molar-refractivity contribution is 6.02. The average Bonchev–Trinajstić information content (AvgIpc) is 2.85. The van der Waals surface area contributed by atoms with Crippen LogP contribution in [0.2, 0.25) is 0 Å². The van der Waals surface area contributed by atoms with E-state index in [-0.39, 0.29) is 11.5 Å². The Labute approximate surface area is 105 Å². The van der Waals surface area contributed by atoms with Gasteiger partial charge in [0.1, 0.15) is 6.10 Å². The molecule has 0 unspecified atom stereocenters. The van der Waals surface area contributed by atoms with Gasteiger partial charge in [-0.05, 0) is 31.4 Å². The summed E-state index contributed by atoms with van der Waals surface area (Å²) in [5.41, 5.74) is 1.17. The molecular weight excluding hydrogens is 234 g/mol. The third kappa shape index (κ3) is 2.51. The monoisotopic (exact) mass is 249 g/mol. The lowest BCUT2D eigenvalue weighted by molar-refractivity contribution is -0.124. The Morgan fingerprint density at radius 1 is 1.44 bits per heavy atom. The van der Waals surface area contributed by atoms with Gasteiger partial charge in [0.25, 0.3) is 5.91 Å². The summed E-state index contributed by atoms with van der Waals surface area (Å²) in [6.45, 7) is 2.34. The zero-order valence-corrected chi connectivity index (χ0v) is 10.1. The van der Waals surface area contributed by atoms with Crippen molar-refractivity contribution in [1.29, 1.82) is 0 Å². The Bertz CT molecular complexity index is 478. The molecule has 5 nitrogen and oxygen atoms in total. The highest BCUT2D eigenvalue weighted by Crippen LogP contribution is 2.22. The maximum absolute atomic E-state index is 11.9. The van der Waals surface area contributed by atoms with Crippen molar-refractivity contribution in [3.63, 3.8) is 0 Å². The molecule has 18 heavy (non-hydrogen) atoms. The molecule has 0 radical (unpaired) electrons. The number of para-hydroxylation sites is 1. The van der Waals surface area contributed by atoms with E-state index in [1.807, 2.05) is 0 Å². The second kappa shape index (κ2) is 5.18. The number of carboxylic acids is 1. The average molecular weight is 249 g/mol. The van der Waals surface area contributed by atoms with E-state index < -0.39 is 12.1 Å². The number of hydrogen-bond acceptors (Lipinski definition) is 3. The van der Waals surface area contributed by atoms with E-state index in [4.69, 9.17) is 9.84 Å². The molecular formula is C13H15NO4. The van der Waals surface area contributed by atoms with Crippen LogP contribution in [0.5, 0.6) is 0 Å². The van der Waals surface area contributed by atoms with Crippen LogP contribution in [-0.4, -0.2) is 29.7 Å². The van der Waals surface area contributed by atoms with E-state index in [0.29, 0.717) is 18.7 Å². The summed E-state index contributed by atoms with van der Waals surface area (Å²) >= 11 is 0. The summed E-state index contributed by atoms with van der Waals surface area (Å²) < 4.78 is 5.27. The van der Waals surface area contributed by atoms with Crippen molar-refractivity contribution in [3.8, 4) is 0 Å². The first-order valence-electron chi connectivity index (χ1n) is 5.85. The number of ether oxygens (including phenoxy) is 1. The fraction of sp³-hybridized carbons (Fsp3) is 0.385. The second-order valence-corrected chi connectivity index (χ2v) is 4.29. The topological polar surface area (TPSA) is 75.6 Å². The molecule has 5 heteroatoms. The maximum atomic E-state index is 11.9. The molecule has 1 aromatic rings. The van der Waals surface area contributed by atoms with E-state index in [1.54, 1.807) is 19.1 Å². The molecule has 96 valence electrons. The third-order valence-electron chi connectivity index (χ3n) is 2.97. The summed E-state index contributed by atoms with van der Waals surface area (Å²) in [6.07, 6.45) is 1.07. The minimum Gasteiger partial charge on any atom is -0.478 e. The van der Waals surface area contributed by atoms with Crippen molar-refractivity contribution >= 4 is 17.6 Å². The van der Waals surface area contributed by atoms with E-state index >= 15 is 0 Å². The van der Waals surface area contributed by atoms with Crippen LogP contribution in [0.4, 0.5) is 5.69 Å². The largest absolute Gasteiger partial charge is 0.478 e. The van der Waals surface area contributed by atoms with Gasteiger partial charge in [-0.25, -0.2) is 4.79 Å². The van der Waals surface area contributed by atoms with Crippen LogP contribution in [0.3, 0.4) is 0 Å². The van der Waals surface area contributed by atoms with Crippen LogP contribution in [0.1, 0.15) is 28.8 Å². The first kappa shape index (κ1) is 12.6. The van der Waals surface area contributed by atoms with Gasteiger partial charge in [-0.3, -0.25) is 4.79 Å². The summed E-state index contributed by atoms with van der Waals surface area (Å²) in [7, 11) is 0. The zero-order chi connectivity index (χ0) is 13.1. The van der Waals surface area contributed by atoms with Crippen molar-refractivity contribution in [2.45, 2.75) is 25.9 Å². The second-order valence-electron chi connectivity index (χ2n) is 4.29. The summed E-state index contributed by atoms with van der Waals surface area (Å²) in [4.78, 5) is 23.0. The number of amides is 1. The third-order valence-corrected chi connectivity index (χ3v) is 2.97. The number of carboxylic acid groups (broad SMARTS) is 1. The highest BCUT2D eigenvalue weighted by atomic mass is 16.5. The Balaban J connectivity index is 2.22. The number of benzene rings is 1. The van der Waals surface area contributed by atoms with E-state index in [2.05, 4.69) is 5.32 Å². The number of rotatable bonds is 3. The van der Waals surface area contributed by atoms with Gasteiger partial charge in [-0.1, -0.05) is 12.1 Å². The summed E-state index contributed by atoms with van der Waals surface area (Å²) in [6, 6.07) is 4.89. The first-order chi connectivity index (χ1) is 8.59. The normalized spacial score (nSPS) is 18.6. The number of hydrogen-bond donors (Lipinski definition) is 2. The Kier molecular flexibility index (Phi) is 3.62. The molecule has 1 aromatic carbocycles. The van der Waals surface area contributed by atoms with E-state index in [9.17, 15) is 9.59 Å². The fourth-order valence-electron chi connectivity index (χ4n) is 2.00. The molecule has 2 N–H and O–H groups in total. The maximum Gasteiger partial charge on any atom is 0.337 e. The van der Waals surface area contributed by atoms with E-state index in [1.165, 1.54) is 6.07 Å². The number of nitrogens with one attached hydrogen (secondary N) is 1. The van der Waals surface area contributed by atoms with Gasteiger partial charge in [0.2, 0.25) is 0 Å². The van der Waals surface area contributed by atoms with Gasteiger partial charge >= 0.3 is 5.97 Å². The van der Waals surface area contributed by atoms with Crippen LogP contribution < -0.4 is 5.32 Å². The summed E-state index contributed by atoms with van der Waals surface area (Å²) in [5, 5.41) is 11.7. The van der Waals surface area contributed by atoms with Crippen molar-refractivity contribution in [2.24, 2.45) is 0 Å². The molecule has 0 aliphatic carbocycles. The number of carbonyl (C=O) groups is 2. The van der Waals surface area contributed by atoms with Crippen LogP contribution in [0.25, 0.3) is 0 Å². The van der Waals surface area contributed by atoms with Crippen LogP contribution >= 0.6 is 0 Å². The Hall–Kier alpha value is -1.88. The number of aromatic carboxylic acids is 1. The highest BCUT2D eigenvalue weighted by Gasteiger charge is 2.25. The Morgan fingerprint density at radius 3 is 2.83 bits per heavy atom. The fourth-order valence-corrected chi connectivity index (χ4v) is 2.00. The van der Waals surface area contributed by atoms with Crippen molar-refractivity contribution in [1.82, 2.24) is 0 Å². The predicted molar refractivity (Wildman–Crippen MR) is 65.7 cm³/mol. The molecule has 1 atom stereocenters. The molecule has 1 heterocycles. The first-order valence-corrected chi connectivity index (χ1v) is 5.85. The van der Waals surface area contributed by atoms with Gasteiger partial charge in [0, 0.05) is 6.61 Å². The lowest BCUT2D eigenvalue weighted by Crippen LogP contribution is -2.28. The molecule has 1 aliphatic rings. The minimum absolute atomic E-state index is 0.0985. The van der Waals surface area contributed by atoms with Crippen molar-refractivity contribution < 1.29 is 19.4 Å². The zero-order valence-electron chi connectivity index (χ0n) is 10.1. The van der Waals surface area contributed by atoms with Gasteiger partial charge in [0.15, 0.2) is 0 Å². The van der Waals surface area contributed by atoms with Crippen molar-refractivity contribution in [2.75, 3.05) is 11.9 Å². The van der Waals surface area contributed by atoms with Crippen LogP contribution in [0, 0.1) is 6.92 Å². The molecule has 0 bridgehead atoms.